The number of nitrogens with zero attached hydrogens (tertiary/aromatic N) is 3. The van der Waals surface area contributed by atoms with Crippen molar-refractivity contribution in [1.82, 2.24) is 4.98 Å². The number of piperidine rings is 1. The van der Waals surface area contributed by atoms with Crippen LogP contribution in [0.15, 0.2) is 30.3 Å². The molecular weight excluding hydrogens is 250 g/mol. The maximum absolute atomic E-state index is 9.33. The lowest BCUT2D eigenvalue weighted by atomic mass is 9.99. The first-order valence-corrected chi connectivity index (χ1v) is 6.97. The van der Waals surface area contributed by atoms with Gasteiger partial charge in [0, 0.05) is 25.1 Å². The quantitative estimate of drug-likeness (QED) is 0.907. The van der Waals surface area contributed by atoms with Gasteiger partial charge in [-0.1, -0.05) is 18.2 Å². The summed E-state index contributed by atoms with van der Waals surface area (Å²) in [5, 5.41) is 19.5. The molecule has 1 saturated heterocycles. The Labute approximate surface area is 118 Å². The Bertz CT molecular complexity index is 662. The van der Waals surface area contributed by atoms with E-state index in [1.807, 2.05) is 30.3 Å². The number of hydrogen-bond donors (Lipinski definition) is 1. The van der Waals surface area contributed by atoms with E-state index < -0.39 is 0 Å². The average Bonchev–Trinajstić information content (AvgIpc) is 2.53. The molecule has 102 valence electrons. The fourth-order valence-corrected chi connectivity index (χ4v) is 2.84. The van der Waals surface area contributed by atoms with Gasteiger partial charge in [-0.05, 0) is 30.9 Å². The molecule has 4 nitrogen and oxygen atoms in total. The average molecular weight is 267 g/mol. The van der Waals surface area contributed by atoms with Crippen LogP contribution in [0.25, 0.3) is 10.9 Å². The summed E-state index contributed by atoms with van der Waals surface area (Å²) in [6.07, 6.45) is 2.12. The monoisotopic (exact) mass is 267 g/mol. The Balaban J connectivity index is 2.01. The minimum Gasteiger partial charge on any atom is -0.396 e. The van der Waals surface area contributed by atoms with Gasteiger partial charge >= 0.3 is 0 Å². The Kier molecular flexibility index (Phi) is 3.53. The van der Waals surface area contributed by atoms with Crippen LogP contribution in [0, 0.1) is 17.2 Å². The zero-order valence-electron chi connectivity index (χ0n) is 11.3. The highest BCUT2D eigenvalue weighted by molar-refractivity contribution is 5.86. The maximum atomic E-state index is 9.33. The van der Waals surface area contributed by atoms with Crippen LogP contribution in [-0.2, 0) is 0 Å². The largest absolute Gasteiger partial charge is 0.396 e. The lowest BCUT2D eigenvalue weighted by Crippen LogP contribution is -2.37. The number of nitriles is 1. The molecule has 0 bridgehead atoms. The minimum atomic E-state index is 0.217. The van der Waals surface area contributed by atoms with Crippen molar-refractivity contribution >= 4 is 16.7 Å². The second-order valence-corrected chi connectivity index (χ2v) is 5.29. The highest BCUT2D eigenvalue weighted by atomic mass is 16.3. The smallest absolute Gasteiger partial charge is 0.130 e. The van der Waals surface area contributed by atoms with E-state index in [0.29, 0.717) is 11.5 Å². The number of pyridine rings is 1. The fraction of sp³-hybridized carbons (Fsp3) is 0.375. The Morgan fingerprint density at radius 2 is 2.25 bits per heavy atom. The number of aliphatic hydroxyl groups excluding tert-OH is 1. The first kappa shape index (κ1) is 12.9. The van der Waals surface area contributed by atoms with Gasteiger partial charge in [0.25, 0.3) is 0 Å². The van der Waals surface area contributed by atoms with Crippen LogP contribution in [0.3, 0.4) is 0 Å². The third-order valence-electron chi connectivity index (χ3n) is 3.92. The molecular formula is C16H17N3O. The van der Waals surface area contributed by atoms with E-state index in [2.05, 4.69) is 16.0 Å². The fourth-order valence-electron chi connectivity index (χ4n) is 2.84. The standard InChI is InChI=1S/C16H17N3O/c17-9-13-8-16(18-15-6-2-1-5-14(13)15)19-7-3-4-12(10-19)11-20/h1-2,5-6,8,12,20H,3-4,7,10-11H2. The molecule has 0 radical (unpaired) electrons. The van der Waals surface area contributed by atoms with Gasteiger partial charge in [-0.25, -0.2) is 4.98 Å². The van der Waals surface area contributed by atoms with Crippen molar-refractivity contribution in [3.8, 4) is 6.07 Å². The molecule has 1 atom stereocenters. The van der Waals surface area contributed by atoms with E-state index >= 15 is 0 Å². The molecule has 1 aliphatic heterocycles. The molecule has 1 unspecified atom stereocenters. The molecule has 4 heteroatoms. The lowest BCUT2D eigenvalue weighted by Gasteiger charge is -2.32. The van der Waals surface area contributed by atoms with Crippen LogP contribution < -0.4 is 4.90 Å². The van der Waals surface area contributed by atoms with Crippen LogP contribution in [0.5, 0.6) is 0 Å². The number of anilines is 1. The molecule has 2 aromatic rings. The van der Waals surface area contributed by atoms with E-state index in [0.717, 1.165) is 42.7 Å². The highest BCUT2D eigenvalue weighted by Gasteiger charge is 2.21. The number of aromatic nitrogens is 1. The van der Waals surface area contributed by atoms with E-state index in [1.54, 1.807) is 0 Å². The van der Waals surface area contributed by atoms with Gasteiger partial charge in [0.1, 0.15) is 5.82 Å². The topological polar surface area (TPSA) is 60.2 Å². The summed E-state index contributed by atoms with van der Waals surface area (Å²) in [4.78, 5) is 6.85. The molecule has 0 amide bonds. The molecule has 1 aromatic heterocycles. The van der Waals surface area contributed by atoms with Gasteiger partial charge in [0.15, 0.2) is 0 Å². The SMILES string of the molecule is N#Cc1cc(N2CCCC(CO)C2)nc2ccccc12. The van der Waals surface area contributed by atoms with E-state index in [1.165, 1.54) is 0 Å². The van der Waals surface area contributed by atoms with E-state index in [-0.39, 0.29) is 6.61 Å². The van der Waals surface area contributed by atoms with Crippen LogP contribution >= 0.6 is 0 Å². The molecule has 1 aliphatic rings. The third-order valence-corrected chi connectivity index (χ3v) is 3.92. The van der Waals surface area contributed by atoms with E-state index in [4.69, 9.17) is 0 Å². The van der Waals surface area contributed by atoms with Crippen molar-refractivity contribution in [2.45, 2.75) is 12.8 Å². The van der Waals surface area contributed by atoms with Gasteiger partial charge in [-0.15, -0.1) is 0 Å². The summed E-state index contributed by atoms with van der Waals surface area (Å²) in [6, 6.07) is 11.8. The summed E-state index contributed by atoms with van der Waals surface area (Å²) in [5.41, 5.74) is 1.52. The van der Waals surface area contributed by atoms with Crippen molar-refractivity contribution < 1.29 is 5.11 Å². The van der Waals surface area contributed by atoms with Crippen molar-refractivity contribution in [2.24, 2.45) is 5.92 Å². The number of fused-ring (bicyclic) bond motifs is 1. The molecule has 1 aromatic carbocycles. The second-order valence-electron chi connectivity index (χ2n) is 5.29. The predicted octanol–water partition coefficient (Wildman–Crippen LogP) is 2.32. The molecule has 2 heterocycles. The predicted molar refractivity (Wildman–Crippen MR) is 78.5 cm³/mol. The maximum Gasteiger partial charge on any atom is 0.130 e. The molecule has 1 fully saturated rings. The third kappa shape index (κ3) is 2.33. The van der Waals surface area contributed by atoms with Gasteiger partial charge in [-0.2, -0.15) is 5.26 Å². The second kappa shape index (κ2) is 5.48. The zero-order chi connectivity index (χ0) is 13.9. The Morgan fingerprint density at radius 3 is 3.05 bits per heavy atom. The van der Waals surface area contributed by atoms with Gasteiger partial charge < -0.3 is 10.0 Å². The summed E-state index contributed by atoms with van der Waals surface area (Å²) in [6.45, 7) is 1.97. The van der Waals surface area contributed by atoms with E-state index in [9.17, 15) is 10.4 Å². The first-order chi connectivity index (χ1) is 9.81. The summed E-state index contributed by atoms with van der Waals surface area (Å²) in [5.74, 6) is 1.15. The summed E-state index contributed by atoms with van der Waals surface area (Å²) < 4.78 is 0. The minimum absolute atomic E-state index is 0.217. The van der Waals surface area contributed by atoms with Crippen LogP contribution in [0.2, 0.25) is 0 Å². The van der Waals surface area contributed by atoms with Crippen LogP contribution in [0.1, 0.15) is 18.4 Å². The highest BCUT2D eigenvalue weighted by Crippen LogP contribution is 2.26. The summed E-state index contributed by atoms with van der Waals surface area (Å²) >= 11 is 0. The normalized spacial score (nSPS) is 19.0. The van der Waals surface area contributed by atoms with Gasteiger partial charge in [0.05, 0.1) is 17.1 Å². The number of benzene rings is 1. The van der Waals surface area contributed by atoms with Gasteiger partial charge in [-0.3, -0.25) is 0 Å². The van der Waals surface area contributed by atoms with Crippen LogP contribution in [0.4, 0.5) is 5.82 Å². The molecule has 0 saturated carbocycles. The molecule has 0 spiro atoms. The molecule has 0 aliphatic carbocycles. The Morgan fingerprint density at radius 1 is 1.40 bits per heavy atom. The number of para-hydroxylation sites is 1. The zero-order valence-corrected chi connectivity index (χ0v) is 11.3. The number of rotatable bonds is 2. The number of hydrogen-bond acceptors (Lipinski definition) is 4. The Hall–Kier alpha value is -2.12. The van der Waals surface area contributed by atoms with Crippen LogP contribution in [-0.4, -0.2) is 29.8 Å². The summed E-state index contributed by atoms with van der Waals surface area (Å²) in [7, 11) is 0. The lowest BCUT2D eigenvalue weighted by molar-refractivity contribution is 0.208. The van der Waals surface area contributed by atoms with Crippen molar-refractivity contribution in [3.05, 3.63) is 35.9 Å². The number of aliphatic hydroxyl groups is 1. The first-order valence-electron chi connectivity index (χ1n) is 6.97. The van der Waals surface area contributed by atoms with Crippen molar-refractivity contribution in [2.75, 3.05) is 24.6 Å². The molecule has 1 N–H and O–H groups in total. The molecule has 20 heavy (non-hydrogen) atoms. The van der Waals surface area contributed by atoms with Crippen molar-refractivity contribution in [3.63, 3.8) is 0 Å². The van der Waals surface area contributed by atoms with Gasteiger partial charge in [0.2, 0.25) is 0 Å². The van der Waals surface area contributed by atoms with Crippen molar-refractivity contribution in [1.29, 1.82) is 5.26 Å². The molecule has 3 rings (SSSR count).